The second kappa shape index (κ2) is 3.91. The Morgan fingerprint density at radius 3 is 2.93 bits per heavy atom. The summed E-state index contributed by atoms with van der Waals surface area (Å²) in [5.74, 6) is 2.81. The molecule has 2 saturated carbocycles. The first-order chi connectivity index (χ1) is 7.33. The molecule has 2 aliphatic rings. The molecule has 3 rings (SSSR count). The van der Waals surface area contributed by atoms with Crippen molar-refractivity contribution in [3.05, 3.63) is 22.4 Å². The Morgan fingerprint density at radius 1 is 1.40 bits per heavy atom. The molecule has 0 spiro atoms. The van der Waals surface area contributed by atoms with Gasteiger partial charge in [-0.05, 0) is 65.8 Å². The van der Waals surface area contributed by atoms with E-state index in [0.29, 0.717) is 6.04 Å². The fourth-order valence-electron chi connectivity index (χ4n) is 3.65. The Hall–Kier alpha value is -0.340. The van der Waals surface area contributed by atoms with E-state index >= 15 is 0 Å². The molecule has 82 valence electrons. The van der Waals surface area contributed by atoms with E-state index in [-0.39, 0.29) is 0 Å². The lowest BCUT2D eigenvalue weighted by Crippen LogP contribution is -2.35. The molecule has 4 atom stereocenters. The molecular formula is C13H19NS. The van der Waals surface area contributed by atoms with E-state index in [0.717, 1.165) is 24.2 Å². The van der Waals surface area contributed by atoms with E-state index in [1.165, 1.54) is 31.2 Å². The van der Waals surface area contributed by atoms with Gasteiger partial charge in [-0.3, -0.25) is 0 Å². The number of thiophene rings is 1. The van der Waals surface area contributed by atoms with Gasteiger partial charge in [0.2, 0.25) is 0 Å². The van der Waals surface area contributed by atoms with Crippen LogP contribution in [-0.4, -0.2) is 6.04 Å². The molecule has 2 heteroatoms. The van der Waals surface area contributed by atoms with Crippen LogP contribution in [0.2, 0.25) is 0 Å². The van der Waals surface area contributed by atoms with E-state index in [2.05, 4.69) is 16.8 Å². The van der Waals surface area contributed by atoms with Gasteiger partial charge in [0.25, 0.3) is 0 Å². The quantitative estimate of drug-likeness (QED) is 0.834. The van der Waals surface area contributed by atoms with Crippen molar-refractivity contribution in [3.8, 4) is 0 Å². The van der Waals surface area contributed by atoms with Crippen LogP contribution in [0.15, 0.2) is 16.8 Å². The molecule has 15 heavy (non-hydrogen) atoms. The van der Waals surface area contributed by atoms with Gasteiger partial charge in [0, 0.05) is 6.04 Å². The fourth-order valence-corrected chi connectivity index (χ4v) is 4.33. The lowest BCUT2D eigenvalue weighted by Gasteiger charge is -2.27. The minimum absolute atomic E-state index is 0.412. The highest BCUT2D eigenvalue weighted by Crippen LogP contribution is 2.49. The number of rotatable bonds is 3. The molecule has 1 aromatic heterocycles. The first-order valence-electron chi connectivity index (χ1n) is 6.09. The topological polar surface area (TPSA) is 26.0 Å². The molecule has 0 saturated heterocycles. The van der Waals surface area contributed by atoms with Crippen LogP contribution in [0.5, 0.6) is 0 Å². The van der Waals surface area contributed by atoms with Crippen LogP contribution in [0.25, 0.3) is 0 Å². The van der Waals surface area contributed by atoms with Gasteiger partial charge in [0.05, 0.1) is 0 Å². The van der Waals surface area contributed by atoms with Gasteiger partial charge in [0.15, 0.2) is 0 Å². The monoisotopic (exact) mass is 221 g/mol. The van der Waals surface area contributed by atoms with E-state index in [1.807, 2.05) is 0 Å². The van der Waals surface area contributed by atoms with Crippen molar-refractivity contribution in [1.82, 2.24) is 0 Å². The van der Waals surface area contributed by atoms with Crippen LogP contribution in [0.1, 0.15) is 31.2 Å². The Labute approximate surface area is 95.7 Å². The molecule has 1 nitrogen and oxygen atoms in total. The summed E-state index contributed by atoms with van der Waals surface area (Å²) in [7, 11) is 0. The summed E-state index contributed by atoms with van der Waals surface area (Å²) in [6.45, 7) is 0. The molecular weight excluding hydrogens is 202 g/mol. The standard InChI is InChI=1S/C13H19NS/c14-13(7-10-3-4-15-8-10)12-6-9-1-2-11(12)5-9/h3-4,8-9,11-13H,1-2,5-7,14H2. The highest BCUT2D eigenvalue weighted by molar-refractivity contribution is 7.07. The number of nitrogens with two attached hydrogens (primary N) is 1. The minimum atomic E-state index is 0.412. The van der Waals surface area contributed by atoms with Crippen molar-refractivity contribution in [2.45, 2.75) is 38.1 Å². The maximum atomic E-state index is 6.36. The summed E-state index contributed by atoms with van der Waals surface area (Å²) >= 11 is 1.78. The van der Waals surface area contributed by atoms with Crippen LogP contribution in [0, 0.1) is 17.8 Å². The number of hydrogen-bond acceptors (Lipinski definition) is 2. The maximum absolute atomic E-state index is 6.36. The van der Waals surface area contributed by atoms with E-state index in [4.69, 9.17) is 5.73 Å². The molecule has 1 heterocycles. The Bertz CT molecular complexity index is 319. The van der Waals surface area contributed by atoms with Crippen molar-refractivity contribution in [2.24, 2.45) is 23.5 Å². The van der Waals surface area contributed by atoms with Crippen molar-refractivity contribution < 1.29 is 0 Å². The summed E-state index contributed by atoms with van der Waals surface area (Å²) < 4.78 is 0. The highest BCUT2D eigenvalue weighted by atomic mass is 32.1. The predicted molar refractivity (Wildman–Crippen MR) is 64.9 cm³/mol. The SMILES string of the molecule is NC(Cc1ccsc1)C1CC2CCC1C2. The van der Waals surface area contributed by atoms with Gasteiger partial charge in [-0.2, -0.15) is 11.3 Å². The van der Waals surface area contributed by atoms with Gasteiger partial charge < -0.3 is 5.73 Å². The molecule has 0 aromatic carbocycles. The normalized spacial score (nSPS) is 35.9. The van der Waals surface area contributed by atoms with Gasteiger partial charge in [0.1, 0.15) is 0 Å². The number of hydrogen-bond donors (Lipinski definition) is 1. The van der Waals surface area contributed by atoms with E-state index in [1.54, 1.807) is 11.3 Å². The molecule has 0 radical (unpaired) electrons. The average Bonchev–Trinajstić information content (AvgIpc) is 2.93. The van der Waals surface area contributed by atoms with Gasteiger partial charge in [-0.1, -0.05) is 6.42 Å². The third-order valence-corrected chi connectivity index (χ3v) is 5.13. The molecule has 1 aromatic rings. The average molecular weight is 221 g/mol. The molecule has 0 aliphatic heterocycles. The molecule has 2 N–H and O–H groups in total. The van der Waals surface area contributed by atoms with Crippen molar-refractivity contribution in [3.63, 3.8) is 0 Å². The first kappa shape index (κ1) is 9.86. The van der Waals surface area contributed by atoms with Crippen LogP contribution in [-0.2, 0) is 6.42 Å². The molecule has 2 fully saturated rings. The third kappa shape index (κ3) is 1.85. The summed E-state index contributed by atoms with van der Waals surface area (Å²) in [4.78, 5) is 0. The zero-order chi connectivity index (χ0) is 10.3. The van der Waals surface area contributed by atoms with Crippen molar-refractivity contribution >= 4 is 11.3 Å². The third-order valence-electron chi connectivity index (χ3n) is 4.39. The van der Waals surface area contributed by atoms with Crippen molar-refractivity contribution in [1.29, 1.82) is 0 Å². The minimum Gasteiger partial charge on any atom is -0.327 e. The maximum Gasteiger partial charge on any atom is 0.0111 e. The second-order valence-electron chi connectivity index (χ2n) is 5.34. The summed E-state index contributed by atoms with van der Waals surface area (Å²) in [6.07, 6.45) is 6.91. The fraction of sp³-hybridized carbons (Fsp3) is 0.692. The van der Waals surface area contributed by atoms with E-state index < -0.39 is 0 Å². The molecule has 0 amide bonds. The van der Waals surface area contributed by atoms with Gasteiger partial charge in [-0.25, -0.2) is 0 Å². The Kier molecular flexibility index (Phi) is 2.57. The Morgan fingerprint density at radius 2 is 2.33 bits per heavy atom. The van der Waals surface area contributed by atoms with Gasteiger partial charge >= 0.3 is 0 Å². The zero-order valence-corrected chi connectivity index (χ0v) is 9.88. The Balaban J connectivity index is 1.63. The molecule has 2 aliphatic carbocycles. The smallest absolute Gasteiger partial charge is 0.0111 e. The van der Waals surface area contributed by atoms with E-state index in [9.17, 15) is 0 Å². The lowest BCUT2D eigenvalue weighted by atomic mass is 9.82. The van der Waals surface area contributed by atoms with Gasteiger partial charge in [-0.15, -0.1) is 0 Å². The second-order valence-corrected chi connectivity index (χ2v) is 6.12. The molecule has 4 unspecified atom stereocenters. The predicted octanol–water partition coefficient (Wildman–Crippen LogP) is 3.05. The molecule has 2 bridgehead atoms. The van der Waals surface area contributed by atoms with Crippen LogP contribution in [0.3, 0.4) is 0 Å². The van der Waals surface area contributed by atoms with Crippen LogP contribution in [0.4, 0.5) is 0 Å². The largest absolute Gasteiger partial charge is 0.327 e. The lowest BCUT2D eigenvalue weighted by molar-refractivity contribution is 0.280. The summed E-state index contributed by atoms with van der Waals surface area (Å²) in [5, 5.41) is 4.40. The summed E-state index contributed by atoms with van der Waals surface area (Å²) in [5.41, 5.74) is 7.80. The van der Waals surface area contributed by atoms with Crippen LogP contribution >= 0.6 is 11.3 Å². The zero-order valence-electron chi connectivity index (χ0n) is 9.06. The van der Waals surface area contributed by atoms with Crippen LogP contribution < -0.4 is 5.73 Å². The first-order valence-corrected chi connectivity index (χ1v) is 7.04. The number of fused-ring (bicyclic) bond motifs is 2. The van der Waals surface area contributed by atoms with Crippen molar-refractivity contribution in [2.75, 3.05) is 0 Å². The highest BCUT2D eigenvalue weighted by Gasteiger charge is 2.41. The summed E-state index contributed by atoms with van der Waals surface area (Å²) in [6, 6.07) is 2.63.